The molecule has 1 amide bonds. The van der Waals surface area contributed by atoms with Gasteiger partial charge in [-0.25, -0.2) is 0 Å². The fourth-order valence-electron chi connectivity index (χ4n) is 2.30. The highest BCUT2D eigenvalue weighted by atomic mass is 79.9. The number of alkyl halides is 1. The molecule has 5 nitrogen and oxygen atoms in total. The fourth-order valence-corrected chi connectivity index (χ4v) is 3.58. The van der Waals surface area contributed by atoms with Crippen molar-refractivity contribution in [2.75, 3.05) is 13.6 Å². The molecule has 0 aromatic heterocycles. The molecule has 0 atom stereocenters. The minimum absolute atomic E-state index is 0.168. The largest absolute Gasteiger partial charge is 0.341 e. The summed E-state index contributed by atoms with van der Waals surface area (Å²) in [6.07, 6.45) is 2.10. The normalized spacial score (nSPS) is 21.1. The summed E-state index contributed by atoms with van der Waals surface area (Å²) in [6.45, 7) is 0.654. The Labute approximate surface area is 130 Å². The van der Waals surface area contributed by atoms with E-state index in [0.29, 0.717) is 17.3 Å². The van der Waals surface area contributed by atoms with E-state index in [-0.39, 0.29) is 22.2 Å². The van der Waals surface area contributed by atoms with Gasteiger partial charge in [0.05, 0.1) is 4.92 Å². The third kappa shape index (κ3) is 3.49. The maximum atomic E-state index is 12.3. The van der Waals surface area contributed by atoms with E-state index in [0.717, 1.165) is 12.8 Å². The standard InChI is InChI=1S/C13H14BrClN2O3/c1-16(7-8-2-10(14)3-8)13(18)9-4-11(15)6-12(5-9)17(19)20/h4-6,8,10H,2-3,7H2,1H3. The molecular formula is C13H14BrClN2O3. The Morgan fingerprint density at radius 3 is 2.70 bits per heavy atom. The van der Waals surface area contributed by atoms with Gasteiger partial charge in [0.25, 0.3) is 11.6 Å². The molecule has 1 aromatic rings. The number of nitrogens with zero attached hydrogens (tertiary/aromatic N) is 2. The number of amides is 1. The molecule has 7 heteroatoms. The van der Waals surface area contributed by atoms with Gasteiger partial charge < -0.3 is 4.90 Å². The van der Waals surface area contributed by atoms with Crippen LogP contribution in [0.1, 0.15) is 23.2 Å². The smallest absolute Gasteiger partial charge is 0.271 e. The number of hydrogen-bond acceptors (Lipinski definition) is 3. The van der Waals surface area contributed by atoms with Crippen molar-refractivity contribution in [3.63, 3.8) is 0 Å². The lowest BCUT2D eigenvalue weighted by molar-refractivity contribution is -0.384. The van der Waals surface area contributed by atoms with Crippen molar-refractivity contribution in [2.24, 2.45) is 5.92 Å². The number of benzene rings is 1. The Bertz CT molecular complexity index is 546. The Balaban J connectivity index is 2.09. The first-order chi connectivity index (χ1) is 9.36. The van der Waals surface area contributed by atoms with Crippen LogP contribution in [0.4, 0.5) is 5.69 Å². The topological polar surface area (TPSA) is 63.5 Å². The molecule has 108 valence electrons. The van der Waals surface area contributed by atoms with Gasteiger partial charge in [-0.2, -0.15) is 0 Å². The third-order valence-corrected chi connectivity index (χ3v) is 4.36. The molecule has 0 spiro atoms. The summed E-state index contributed by atoms with van der Waals surface area (Å²) in [5.41, 5.74) is 0.0832. The van der Waals surface area contributed by atoms with Crippen LogP contribution in [0, 0.1) is 16.0 Å². The SMILES string of the molecule is CN(CC1CC(Br)C1)C(=O)c1cc(Cl)cc([N+](=O)[O-])c1. The lowest BCUT2D eigenvalue weighted by atomic mass is 9.85. The van der Waals surface area contributed by atoms with Crippen LogP contribution < -0.4 is 0 Å². The highest BCUT2D eigenvalue weighted by Gasteiger charge is 2.29. The lowest BCUT2D eigenvalue weighted by Crippen LogP contribution is -2.37. The molecular weight excluding hydrogens is 348 g/mol. The van der Waals surface area contributed by atoms with Crippen LogP contribution >= 0.6 is 27.5 Å². The predicted molar refractivity (Wildman–Crippen MR) is 80.5 cm³/mol. The van der Waals surface area contributed by atoms with Gasteiger partial charge in [0.15, 0.2) is 0 Å². The van der Waals surface area contributed by atoms with Crippen molar-refractivity contribution in [2.45, 2.75) is 17.7 Å². The third-order valence-electron chi connectivity index (χ3n) is 3.40. The van der Waals surface area contributed by atoms with Crippen molar-refractivity contribution in [1.29, 1.82) is 0 Å². The van der Waals surface area contributed by atoms with Gasteiger partial charge in [-0.15, -0.1) is 0 Å². The highest BCUT2D eigenvalue weighted by molar-refractivity contribution is 9.09. The zero-order chi connectivity index (χ0) is 14.9. The number of nitro groups is 1. The molecule has 0 radical (unpaired) electrons. The van der Waals surface area contributed by atoms with Crippen LogP contribution in [0.5, 0.6) is 0 Å². The van der Waals surface area contributed by atoms with E-state index in [2.05, 4.69) is 15.9 Å². The van der Waals surface area contributed by atoms with Crippen molar-refractivity contribution in [3.8, 4) is 0 Å². The van der Waals surface area contributed by atoms with Crippen molar-refractivity contribution in [1.82, 2.24) is 4.90 Å². The molecule has 20 heavy (non-hydrogen) atoms. The minimum Gasteiger partial charge on any atom is -0.341 e. The number of hydrogen-bond donors (Lipinski definition) is 0. The van der Waals surface area contributed by atoms with Gasteiger partial charge in [0.2, 0.25) is 0 Å². The summed E-state index contributed by atoms with van der Waals surface area (Å²) in [4.78, 5) is 24.6. The first kappa shape index (κ1) is 15.3. The number of carbonyl (C=O) groups excluding carboxylic acids is 1. The fraction of sp³-hybridized carbons (Fsp3) is 0.462. The lowest BCUT2D eigenvalue weighted by Gasteiger charge is -2.34. The average Bonchev–Trinajstić information content (AvgIpc) is 2.35. The predicted octanol–water partition coefficient (Wildman–Crippen LogP) is 3.49. The summed E-state index contributed by atoms with van der Waals surface area (Å²) < 4.78 is 0. The molecule has 2 rings (SSSR count). The maximum Gasteiger partial charge on any atom is 0.271 e. The number of non-ortho nitro benzene ring substituents is 1. The Kier molecular flexibility index (Phi) is 4.65. The number of nitro benzene ring substituents is 1. The molecule has 0 saturated heterocycles. The minimum atomic E-state index is -0.552. The molecule has 1 saturated carbocycles. The van der Waals surface area contributed by atoms with Gasteiger partial charge in [-0.3, -0.25) is 14.9 Å². The van der Waals surface area contributed by atoms with E-state index in [1.54, 1.807) is 11.9 Å². The first-order valence-electron chi connectivity index (χ1n) is 6.21. The van der Waals surface area contributed by atoms with E-state index < -0.39 is 4.92 Å². The van der Waals surface area contributed by atoms with Gasteiger partial charge >= 0.3 is 0 Å². The zero-order valence-corrected chi connectivity index (χ0v) is 13.2. The van der Waals surface area contributed by atoms with E-state index in [4.69, 9.17) is 11.6 Å². The summed E-state index contributed by atoms with van der Waals surface area (Å²) >= 11 is 9.34. The van der Waals surface area contributed by atoms with E-state index >= 15 is 0 Å². The second kappa shape index (κ2) is 6.10. The van der Waals surface area contributed by atoms with E-state index in [9.17, 15) is 14.9 Å². The Morgan fingerprint density at radius 2 is 2.15 bits per heavy atom. The highest BCUT2D eigenvalue weighted by Crippen LogP contribution is 2.34. The van der Waals surface area contributed by atoms with Crippen LogP contribution in [0.3, 0.4) is 0 Å². The van der Waals surface area contributed by atoms with Gasteiger partial charge in [0.1, 0.15) is 0 Å². The average molecular weight is 362 g/mol. The molecule has 0 heterocycles. The quantitative estimate of drug-likeness (QED) is 0.468. The molecule has 0 unspecified atom stereocenters. The summed E-state index contributed by atoms with van der Waals surface area (Å²) in [7, 11) is 1.70. The maximum absolute atomic E-state index is 12.3. The van der Waals surface area contributed by atoms with Crippen LogP contribution in [0.15, 0.2) is 18.2 Å². The van der Waals surface area contributed by atoms with Gasteiger partial charge in [0, 0.05) is 41.1 Å². The zero-order valence-electron chi connectivity index (χ0n) is 10.9. The van der Waals surface area contributed by atoms with Gasteiger partial charge in [-0.05, 0) is 24.8 Å². The number of carbonyl (C=O) groups is 1. The molecule has 1 fully saturated rings. The van der Waals surface area contributed by atoms with Crippen LogP contribution in [-0.4, -0.2) is 34.2 Å². The number of halogens is 2. The summed E-state index contributed by atoms with van der Waals surface area (Å²) in [6, 6.07) is 3.96. The van der Waals surface area contributed by atoms with Crippen LogP contribution in [0.25, 0.3) is 0 Å². The van der Waals surface area contributed by atoms with Crippen molar-refractivity contribution >= 4 is 39.1 Å². The van der Waals surface area contributed by atoms with Crippen LogP contribution in [-0.2, 0) is 0 Å². The molecule has 1 aromatic carbocycles. The summed E-state index contributed by atoms with van der Waals surface area (Å²) in [5, 5.41) is 11.0. The molecule has 0 aliphatic heterocycles. The Morgan fingerprint density at radius 1 is 1.50 bits per heavy atom. The first-order valence-corrected chi connectivity index (χ1v) is 7.50. The second-order valence-corrected chi connectivity index (χ2v) is 6.81. The van der Waals surface area contributed by atoms with Crippen molar-refractivity contribution < 1.29 is 9.72 Å². The second-order valence-electron chi connectivity index (χ2n) is 5.08. The van der Waals surface area contributed by atoms with E-state index in [1.165, 1.54) is 18.2 Å². The molecule has 1 aliphatic rings. The number of rotatable bonds is 4. The Hall–Kier alpha value is -1.14. The van der Waals surface area contributed by atoms with Crippen LogP contribution in [0.2, 0.25) is 5.02 Å². The molecule has 1 aliphatic carbocycles. The van der Waals surface area contributed by atoms with E-state index in [1.807, 2.05) is 0 Å². The monoisotopic (exact) mass is 360 g/mol. The molecule has 0 N–H and O–H groups in total. The summed E-state index contributed by atoms with van der Waals surface area (Å²) in [5.74, 6) is 0.246. The molecule has 0 bridgehead atoms. The van der Waals surface area contributed by atoms with Crippen molar-refractivity contribution in [3.05, 3.63) is 38.9 Å². The van der Waals surface area contributed by atoms with Gasteiger partial charge in [-0.1, -0.05) is 27.5 Å².